The molecule has 1 aromatic carbocycles. The van der Waals surface area contributed by atoms with Gasteiger partial charge in [-0.15, -0.1) is 0 Å². The number of rotatable bonds is 7. The molecule has 1 unspecified atom stereocenters. The minimum atomic E-state index is -0.849. The van der Waals surface area contributed by atoms with E-state index in [0.29, 0.717) is 35.0 Å². The number of amides is 1. The number of benzene rings is 1. The zero-order valence-electron chi connectivity index (χ0n) is 17.6. The minimum absolute atomic E-state index is 0.0148. The van der Waals surface area contributed by atoms with Crippen LogP contribution in [0.5, 0.6) is 11.5 Å². The van der Waals surface area contributed by atoms with Crippen LogP contribution in [0.4, 0.5) is 0 Å². The van der Waals surface area contributed by atoms with Gasteiger partial charge in [0.15, 0.2) is 11.5 Å². The molecule has 0 bridgehead atoms. The first-order valence-electron chi connectivity index (χ1n) is 10.1. The van der Waals surface area contributed by atoms with E-state index in [-0.39, 0.29) is 17.9 Å². The summed E-state index contributed by atoms with van der Waals surface area (Å²) >= 11 is 0. The lowest BCUT2D eigenvalue weighted by atomic mass is 9.95. The molecule has 1 saturated heterocycles. The minimum Gasteiger partial charge on any atom is -0.507 e. The third-order valence-corrected chi connectivity index (χ3v) is 5.20. The van der Waals surface area contributed by atoms with E-state index in [0.717, 1.165) is 0 Å². The number of hydrogen-bond acceptors (Lipinski definition) is 7. The Balaban J connectivity index is 1.87. The third kappa shape index (κ3) is 3.82. The molecule has 8 nitrogen and oxygen atoms in total. The monoisotopic (exact) mass is 434 g/mol. The van der Waals surface area contributed by atoms with Crippen molar-refractivity contribution in [3.05, 3.63) is 83.6 Å². The Hall–Kier alpha value is -4.07. The topological polar surface area (TPSA) is 102 Å². The van der Waals surface area contributed by atoms with Crippen LogP contribution in [0.15, 0.2) is 71.1 Å². The number of aliphatic hydroxyl groups excluding tert-OH is 1. The summed E-state index contributed by atoms with van der Waals surface area (Å²) in [6.45, 7) is 2.37. The number of furan rings is 1. The highest BCUT2D eigenvalue weighted by molar-refractivity contribution is 6.46. The Morgan fingerprint density at radius 3 is 2.59 bits per heavy atom. The summed E-state index contributed by atoms with van der Waals surface area (Å²) in [7, 11) is 1.51. The second-order valence-corrected chi connectivity index (χ2v) is 7.09. The molecule has 32 heavy (non-hydrogen) atoms. The van der Waals surface area contributed by atoms with E-state index in [9.17, 15) is 14.7 Å². The second-order valence-electron chi connectivity index (χ2n) is 7.09. The first-order valence-corrected chi connectivity index (χ1v) is 10.1. The fourth-order valence-corrected chi connectivity index (χ4v) is 3.75. The van der Waals surface area contributed by atoms with E-state index in [1.54, 1.807) is 42.5 Å². The van der Waals surface area contributed by atoms with Gasteiger partial charge in [0.05, 0.1) is 38.1 Å². The van der Waals surface area contributed by atoms with Crippen molar-refractivity contribution in [2.75, 3.05) is 13.7 Å². The Morgan fingerprint density at radius 2 is 1.94 bits per heavy atom. The third-order valence-electron chi connectivity index (χ3n) is 5.20. The first-order chi connectivity index (χ1) is 15.5. The van der Waals surface area contributed by atoms with Gasteiger partial charge < -0.3 is 23.9 Å². The number of ether oxygens (including phenoxy) is 2. The number of ketones is 1. The Kier molecular flexibility index (Phi) is 5.93. The van der Waals surface area contributed by atoms with Gasteiger partial charge in [0.25, 0.3) is 11.7 Å². The summed E-state index contributed by atoms with van der Waals surface area (Å²) in [4.78, 5) is 31.4. The van der Waals surface area contributed by atoms with Crippen LogP contribution in [-0.2, 0) is 16.1 Å². The molecule has 3 aromatic rings. The number of hydrogen-bond donors (Lipinski definition) is 1. The number of methoxy groups -OCH3 is 1. The molecule has 0 radical (unpaired) electrons. The maximum absolute atomic E-state index is 13.1. The fourth-order valence-electron chi connectivity index (χ4n) is 3.75. The molecule has 1 amide bonds. The number of aromatic nitrogens is 1. The molecular formula is C24H22N2O6. The van der Waals surface area contributed by atoms with Gasteiger partial charge in [-0.2, -0.15) is 0 Å². The Bertz CT molecular complexity index is 1150. The first kappa shape index (κ1) is 21.2. The van der Waals surface area contributed by atoms with Gasteiger partial charge in [0.2, 0.25) is 0 Å². The molecule has 1 fully saturated rings. The molecule has 2 aromatic heterocycles. The number of pyridine rings is 1. The number of carbonyl (C=O) groups is 2. The van der Waals surface area contributed by atoms with Gasteiger partial charge in [0, 0.05) is 18.0 Å². The zero-order chi connectivity index (χ0) is 22.7. The van der Waals surface area contributed by atoms with Gasteiger partial charge in [-0.3, -0.25) is 14.6 Å². The lowest BCUT2D eigenvalue weighted by molar-refractivity contribution is -0.140. The molecule has 164 valence electrons. The van der Waals surface area contributed by atoms with E-state index < -0.39 is 17.7 Å². The zero-order valence-corrected chi connectivity index (χ0v) is 17.6. The highest BCUT2D eigenvalue weighted by Gasteiger charge is 2.46. The van der Waals surface area contributed by atoms with Crippen molar-refractivity contribution in [2.45, 2.75) is 19.5 Å². The van der Waals surface area contributed by atoms with E-state index in [4.69, 9.17) is 13.9 Å². The van der Waals surface area contributed by atoms with Gasteiger partial charge in [-0.1, -0.05) is 6.07 Å². The normalized spacial score (nSPS) is 17.6. The van der Waals surface area contributed by atoms with Crippen molar-refractivity contribution in [1.29, 1.82) is 0 Å². The molecule has 4 rings (SSSR count). The summed E-state index contributed by atoms with van der Waals surface area (Å²) < 4.78 is 16.4. The fraction of sp³-hybridized carbons (Fsp3) is 0.208. The number of Topliss-reactive ketones (excluding diaryl/α,β-unsaturated/α-hetero) is 1. The van der Waals surface area contributed by atoms with E-state index in [1.165, 1.54) is 30.7 Å². The summed E-state index contributed by atoms with van der Waals surface area (Å²) in [5, 5.41) is 11.0. The van der Waals surface area contributed by atoms with Crippen LogP contribution in [0, 0.1) is 0 Å². The predicted octanol–water partition coefficient (Wildman–Crippen LogP) is 3.70. The molecule has 0 aliphatic carbocycles. The number of likely N-dealkylation sites (tertiary alicyclic amines) is 1. The highest BCUT2D eigenvalue weighted by Crippen LogP contribution is 2.42. The highest BCUT2D eigenvalue weighted by atomic mass is 16.5. The van der Waals surface area contributed by atoms with Gasteiger partial charge in [-0.05, 0) is 48.9 Å². The number of aliphatic hydroxyl groups is 1. The average molecular weight is 434 g/mol. The number of nitrogens with zero attached hydrogens (tertiary/aromatic N) is 2. The van der Waals surface area contributed by atoms with E-state index >= 15 is 0 Å². The standard InChI is InChI=1S/C24H22N2O6/c1-3-31-18-7-6-16(13-19(18)30-2)21-20(22(27)15-8-10-25-11-9-15)23(28)24(29)26(21)14-17-5-4-12-32-17/h4-13,21,27H,3,14H2,1-2H3. The van der Waals surface area contributed by atoms with Gasteiger partial charge >= 0.3 is 0 Å². The van der Waals surface area contributed by atoms with Crippen LogP contribution in [0.3, 0.4) is 0 Å². The van der Waals surface area contributed by atoms with Crippen molar-refractivity contribution >= 4 is 17.4 Å². The SMILES string of the molecule is CCOc1ccc(C2C(=C(O)c3ccncc3)C(=O)C(=O)N2Cc2ccco2)cc1OC. The van der Waals surface area contributed by atoms with Crippen LogP contribution < -0.4 is 9.47 Å². The van der Waals surface area contributed by atoms with Crippen LogP contribution in [0.1, 0.15) is 29.9 Å². The Morgan fingerprint density at radius 1 is 1.16 bits per heavy atom. The quantitative estimate of drug-likeness (QED) is 0.344. The van der Waals surface area contributed by atoms with Crippen molar-refractivity contribution in [3.8, 4) is 11.5 Å². The molecule has 0 saturated carbocycles. The molecule has 8 heteroatoms. The van der Waals surface area contributed by atoms with E-state index in [1.807, 2.05) is 6.92 Å². The molecule has 1 aliphatic rings. The summed E-state index contributed by atoms with van der Waals surface area (Å²) in [6, 6.07) is 10.9. The average Bonchev–Trinajstić information content (AvgIpc) is 3.42. The van der Waals surface area contributed by atoms with Crippen molar-refractivity contribution < 1.29 is 28.6 Å². The van der Waals surface area contributed by atoms with E-state index in [2.05, 4.69) is 4.98 Å². The largest absolute Gasteiger partial charge is 0.507 e. The van der Waals surface area contributed by atoms with Crippen molar-refractivity contribution in [1.82, 2.24) is 9.88 Å². The molecule has 1 aliphatic heterocycles. The summed E-state index contributed by atoms with van der Waals surface area (Å²) in [6.07, 6.45) is 4.50. The molecular weight excluding hydrogens is 412 g/mol. The van der Waals surface area contributed by atoms with Crippen LogP contribution in [0.2, 0.25) is 0 Å². The van der Waals surface area contributed by atoms with Crippen LogP contribution in [0.25, 0.3) is 5.76 Å². The lowest BCUT2D eigenvalue weighted by Crippen LogP contribution is -2.29. The van der Waals surface area contributed by atoms with Gasteiger partial charge in [0.1, 0.15) is 11.5 Å². The summed E-state index contributed by atoms with van der Waals surface area (Å²) in [5.74, 6) is -0.268. The molecule has 3 heterocycles. The maximum Gasteiger partial charge on any atom is 0.296 e. The summed E-state index contributed by atoms with van der Waals surface area (Å²) in [5.41, 5.74) is 0.963. The van der Waals surface area contributed by atoms with Crippen molar-refractivity contribution in [3.63, 3.8) is 0 Å². The number of carbonyl (C=O) groups excluding carboxylic acids is 2. The van der Waals surface area contributed by atoms with Crippen molar-refractivity contribution in [2.24, 2.45) is 0 Å². The molecule has 1 N–H and O–H groups in total. The molecule has 0 spiro atoms. The smallest absolute Gasteiger partial charge is 0.296 e. The lowest BCUT2D eigenvalue weighted by Gasteiger charge is -2.25. The van der Waals surface area contributed by atoms with Crippen LogP contribution >= 0.6 is 0 Å². The Labute approximate surface area is 184 Å². The predicted molar refractivity (Wildman–Crippen MR) is 115 cm³/mol. The second kappa shape index (κ2) is 8.97. The molecule has 1 atom stereocenters. The van der Waals surface area contributed by atoms with Gasteiger partial charge in [-0.25, -0.2) is 0 Å². The maximum atomic E-state index is 13.1. The van der Waals surface area contributed by atoms with Crippen LogP contribution in [-0.4, -0.2) is 40.4 Å².